The molecule has 0 radical (unpaired) electrons. The van der Waals surface area contributed by atoms with Crippen LogP contribution in [0.4, 0.5) is 0 Å². The van der Waals surface area contributed by atoms with Crippen LogP contribution in [-0.4, -0.2) is 74.3 Å². The third kappa shape index (κ3) is 4.39. The Morgan fingerprint density at radius 3 is 2.62 bits per heavy atom. The summed E-state index contributed by atoms with van der Waals surface area (Å²) < 4.78 is 33.9. The zero-order chi connectivity index (χ0) is 20.6. The monoisotopic (exact) mass is 422 g/mol. The molecular weight excluding hydrogens is 388 g/mol. The Morgan fingerprint density at radius 1 is 1.21 bits per heavy atom. The van der Waals surface area contributed by atoms with Crippen molar-refractivity contribution in [2.24, 2.45) is 11.3 Å². The van der Waals surface area contributed by atoms with Gasteiger partial charge < -0.3 is 9.84 Å². The lowest BCUT2D eigenvalue weighted by molar-refractivity contribution is 0.00123. The number of likely N-dealkylation sites (tertiary alicyclic amines) is 1. The Balaban J connectivity index is 1.33. The van der Waals surface area contributed by atoms with Gasteiger partial charge in [0.25, 0.3) is 0 Å². The Hall–Kier alpha value is -0.990. The van der Waals surface area contributed by atoms with Gasteiger partial charge in [-0.05, 0) is 62.1 Å². The minimum Gasteiger partial charge on any atom is -0.392 e. The molecule has 0 amide bonds. The van der Waals surface area contributed by atoms with Crippen LogP contribution in [0.3, 0.4) is 0 Å². The molecule has 3 heterocycles. The minimum atomic E-state index is -3.43. The predicted octanol–water partition coefficient (Wildman–Crippen LogP) is 2.26. The van der Waals surface area contributed by atoms with Gasteiger partial charge in [-0.3, -0.25) is 4.90 Å². The Labute approximate surface area is 174 Å². The summed E-state index contributed by atoms with van der Waals surface area (Å²) in [6.45, 7) is 8.44. The molecule has 1 aromatic rings. The molecule has 1 N–H and O–H groups in total. The van der Waals surface area contributed by atoms with E-state index in [1.165, 1.54) is 0 Å². The van der Waals surface area contributed by atoms with Crippen LogP contribution in [0.1, 0.15) is 38.2 Å². The Morgan fingerprint density at radius 2 is 1.93 bits per heavy atom. The fourth-order valence-electron chi connectivity index (χ4n) is 5.12. The van der Waals surface area contributed by atoms with Crippen LogP contribution in [0.2, 0.25) is 0 Å². The molecule has 3 saturated heterocycles. The van der Waals surface area contributed by atoms with Gasteiger partial charge in [-0.25, -0.2) is 8.42 Å². The first-order chi connectivity index (χ1) is 13.8. The zero-order valence-electron chi connectivity index (χ0n) is 17.6. The van der Waals surface area contributed by atoms with Crippen molar-refractivity contribution in [3.63, 3.8) is 0 Å². The normalized spacial score (nSPS) is 31.3. The fourth-order valence-corrected chi connectivity index (χ4v) is 6.78. The molecule has 3 aliphatic rings. The van der Waals surface area contributed by atoms with Crippen molar-refractivity contribution in [2.75, 3.05) is 39.3 Å². The van der Waals surface area contributed by atoms with E-state index in [1.807, 2.05) is 19.1 Å². The zero-order valence-corrected chi connectivity index (χ0v) is 18.4. The highest BCUT2D eigenvalue weighted by Crippen LogP contribution is 2.43. The van der Waals surface area contributed by atoms with Gasteiger partial charge >= 0.3 is 0 Å². The standard InChI is InChI=1S/C22H34N2O4S/c1-17-7-10-23(15-20(17)25)14-19-13-22(16-28-19)8-11-24(12-9-22)29(26,27)21-6-4-3-5-18(21)2/h3-6,17,19-20,25H,7-16H2,1-2H3/t17-,19-,20-/m1/s1. The summed E-state index contributed by atoms with van der Waals surface area (Å²) in [4.78, 5) is 2.75. The van der Waals surface area contributed by atoms with E-state index < -0.39 is 10.0 Å². The van der Waals surface area contributed by atoms with Crippen LogP contribution in [0.15, 0.2) is 29.2 Å². The maximum Gasteiger partial charge on any atom is 0.243 e. The van der Waals surface area contributed by atoms with E-state index in [2.05, 4.69) is 11.8 Å². The lowest BCUT2D eigenvalue weighted by Gasteiger charge is -2.38. The third-order valence-corrected chi connectivity index (χ3v) is 9.30. The van der Waals surface area contributed by atoms with Gasteiger partial charge in [0.1, 0.15) is 0 Å². The highest BCUT2D eigenvalue weighted by atomic mass is 32.2. The average Bonchev–Trinajstić information content (AvgIpc) is 3.07. The number of hydrogen-bond donors (Lipinski definition) is 1. The molecule has 0 aromatic heterocycles. The summed E-state index contributed by atoms with van der Waals surface area (Å²) in [5, 5.41) is 10.1. The molecule has 1 spiro atoms. The van der Waals surface area contributed by atoms with Gasteiger partial charge in [0.15, 0.2) is 0 Å². The molecule has 0 saturated carbocycles. The number of sulfonamides is 1. The van der Waals surface area contributed by atoms with Gasteiger partial charge in [0.05, 0.1) is 23.7 Å². The molecular formula is C22H34N2O4S. The van der Waals surface area contributed by atoms with Crippen LogP contribution >= 0.6 is 0 Å². The average molecular weight is 423 g/mol. The van der Waals surface area contributed by atoms with Gasteiger partial charge in [-0.2, -0.15) is 4.31 Å². The van der Waals surface area contributed by atoms with E-state index in [0.29, 0.717) is 23.9 Å². The van der Waals surface area contributed by atoms with Crippen LogP contribution in [-0.2, 0) is 14.8 Å². The van der Waals surface area contributed by atoms with Crippen LogP contribution < -0.4 is 0 Å². The maximum absolute atomic E-state index is 13.1. The molecule has 3 atom stereocenters. The largest absolute Gasteiger partial charge is 0.392 e. The van der Waals surface area contributed by atoms with E-state index in [1.54, 1.807) is 16.4 Å². The second-order valence-electron chi connectivity index (χ2n) is 9.40. The molecule has 7 heteroatoms. The molecule has 0 aliphatic carbocycles. The maximum atomic E-state index is 13.1. The van der Waals surface area contributed by atoms with Crippen LogP contribution in [0, 0.1) is 18.3 Å². The van der Waals surface area contributed by atoms with Gasteiger partial charge in [-0.1, -0.05) is 25.1 Å². The lowest BCUT2D eigenvalue weighted by Crippen LogP contribution is -2.46. The van der Waals surface area contributed by atoms with E-state index in [0.717, 1.165) is 57.5 Å². The molecule has 3 aliphatic heterocycles. The van der Waals surface area contributed by atoms with Crippen molar-refractivity contribution in [1.29, 1.82) is 0 Å². The summed E-state index contributed by atoms with van der Waals surface area (Å²) in [6.07, 6.45) is 3.69. The van der Waals surface area contributed by atoms with Crippen molar-refractivity contribution in [2.45, 2.75) is 56.6 Å². The lowest BCUT2D eigenvalue weighted by atomic mass is 9.77. The number of benzene rings is 1. The Bertz CT molecular complexity index is 820. The number of aliphatic hydroxyl groups is 1. The fraction of sp³-hybridized carbons (Fsp3) is 0.727. The van der Waals surface area contributed by atoms with Crippen molar-refractivity contribution in [3.8, 4) is 0 Å². The first-order valence-corrected chi connectivity index (χ1v) is 12.3. The molecule has 3 fully saturated rings. The third-order valence-electron chi connectivity index (χ3n) is 7.25. The summed E-state index contributed by atoms with van der Waals surface area (Å²) >= 11 is 0. The minimum absolute atomic E-state index is 0.101. The first kappa shape index (κ1) is 21.2. The summed E-state index contributed by atoms with van der Waals surface area (Å²) in [7, 11) is -3.43. The van der Waals surface area contributed by atoms with Gasteiger partial charge in [-0.15, -0.1) is 0 Å². The van der Waals surface area contributed by atoms with E-state index >= 15 is 0 Å². The van der Waals surface area contributed by atoms with E-state index in [9.17, 15) is 13.5 Å². The number of aliphatic hydroxyl groups excluding tert-OH is 1. The topological polar surface area (TPSA) is 70.1 Å². The number of nitrogens with zero attached hydrogens (tertiary/aromatic N) is 2. The first-order valence-electron chi connectivity index (χ1n) is 10.9. The predicted molar refractivity (Wildman–Crippen MR) is 112 cm³/mol. The van der Waals surface area contributed by atoms with Crippen LogP contribution in [0.25, 0.3) is 0 Å². The Kier molecular flexibility index (Phi) is 6.06. The van der Waals surface area contributed by atoms with E-state index in [-0.39, 0.29) is 17.6 Å². The molecule has 162 valence electrons. The number of β-amino-alcohol motifs (C(OH)–C–C–N with tert-alkyl or cyclic N) is 1. The number of hydrogen-bond acceptors (Lipinski definition) is 5. The molecule has 6 nitrogen and oxygen atoms in total. The van der Waals surface area contributed by atoms with Crippen molar-refractivity contribution in [1.82, 2.24) is 9.21 Å². The number of aryl methyl sites for hydroxylation is 1. The number of rotatable bonds is 4. The smallest absolute Gasteiger partial charge is 0.243 e. The number of ether oxygens (including phenoxy) is 1. The van der Waals surface area contributed by atoms with Crippen molar-refractivity contribution in [3.05, 3.63) is 29.8 Å². The molecule has 4 rings (SSSR count). The van der Waals surface area contributed by atoms with Gasteiger partial charge in [0.2, 0.25) is 10.0 Å². The SMILES string of the molecule is Cc1ccccc1S(=O)(=O)N1CCC2(CC1)CO[C@@H](CN1CC[C@@H](C)[C@H](O)C1)C2. The molecule has 1 aromatic carbocycles. The van der Waals surface area contributed by atoms with Gasteiger partial charge in [0, 0.05) is 26.2 Å². The van der Waals surface area contributed by atoms with Crippen molar-refractivity contribution >= 4 is 10.0 Å². The summed E-state index contributed by atoms with van der Waals surface area (Å²) in [5.41, 5.74) is 0.902. The quantitative estimate of drug-likeness (QED) is 0.806. The second-order valence-corrected chi connectivity index (χ2v) is 11.3. The highest BCUT2D eigenvalue weighted by molar-refractivity contribution is 7.89. The molecule has 0 unspecified atom stereocenters. The van der Waals surface area contributed by atoms with Crippen LogP contribution in [0.5, 0.6) is 0 Å². The van der Waals surface area contributed by atoms with Crippen molar-refractivity contribution < 1.29 is 18.3 Å². The summed E-state index contributed by atoms with van der Waals surface area (Å²) in [6, 6.07) is 7.22. The number of piperidine rings is 2. The second kappa shape index (κ2) is 8.27. The highest BCUT2D eigenvalue weighted by Gasteiger charge is 2.45. The summed E-state index contributed by atoms with van der Waals surface area (Å²) in [5.74, 6) is 0.376. The van der Waals surface area contributed by atoms with E-state index in [4.69, 9.17) is 4.74 Å². The molecule has 0 bridgehead atoms. The molecule has 29 heavy (non-hydrogen) atoms.